The van der Waals surface area contributed by atoms with E-state index in [1.54, 1.807) is 0 Å². The minimum Gasteiger partial charge on any atom is -0.492 e. The monoisotopic (exact) mass is 451 g/mol. The molecule has 1 aliphatic heterocycles. The maximum atomic E-state index is 6.31. The topological polar surface area (TPSA) is 47.5 Å². The van der Waals surface area contributed by atoms with Crippen molar-refractivity contribution < 1.29 is 9.47 Å². The standard InChI is InChI=1S/C29H29N3O2/c1-2-33-29-30-17-24(18-31-29)26-14-9-15-28-27(26)16-25(21-34-28)32(19-22-10-5-3-6-11-22)20-23-12-7-4-8-13-23/h3-15,17-18,25H,2,16,19-21H2,1H3. The summed E-state index contributed by atoms with van der Waals surface area (Å²) in [6.07, 6.45) is 4.57. The van der Waals surface area contributed by atoms with E-state index >= 15 is 0 Å². The molecule has 0 spiro atoms. The molecular formula is C29H29N3O2. The van der Waals surface area contributed by atoms with Gasteiger partial charge in [-0.05, 0) is 36.1 Å². The van der Waals surface area contributed by atoms with Gasteiger partial charge >= 0.3 is 6.01 Å². The second-order valence-corrected chi connectivity index (χ2v) is 8.51. The maximum absolute atomic E-state index is 6.31. The van der Waals surface area contributed by atoms with E-state index in [-0.39, 0.29) is 6.04 Å². The Balaban J connectivity index is 1.43. The number of nitrogens with zero attached hydrogens (tertiary/aromatic N) is 3. The van der Waals surface area contributed by atoms with Gasteiger partial charge in [-0.15, -0.1) is 0 Å². The fourth-order valence-electron chi connectivity index (χ4n) is 4.51. The van der Waals surface area contributed by atoms with Gasteiger partial charge in [0.15, 0.2) is 0 Å². The molecule has 0 saturated heterocycles. The van der Waals surface area contributed by atoms with Crippen molar-refractivity contribution in [3.63, 3.8) is 0 Å². The van der Waals surface area contributed by atoms with Gasteiger partial charge in [-0.25, -0.2) is 9.97 Å². The van der Waals surface area contributed by atoms with E-state index in [0.29, 0.717) is 19.2 Å². The zero-order valence-corrected chi connectivity index (χ0v) is 19.4. The Bertz CT molecular complexity index is 1160. The van der Waals surface area contributed by atoms with Crippen LogP contribution in [0, 0.1) is 0 Å². The van der Waals surface area contributed by atoms with Crippen molar-refractivity contribution in [2.75, 3.05) is 13.2 Å². The van der Waals surface area contributed by atoms with Crippen LogP contribution in [0.2, 0.25) is 0 Å². The number of rotatable bonds is 8. The zero-order valence-electron chi connectivity index (χ0n) is 19.4. The molecule has 0 bridgehead atoms. The minimum atomic E-state index is 0.248. The second kappa shape index (κ2) is 10.5. The third-order valence-corrected chi connectivity index (χ3v) is 6.19. The molecule has 0 radical (unpaired) electrons. The molecule has 1 unspecified atom stereocenters. The van der Waals surface area contributed by atoms with E-state index in [2.05, 4.69) is 87.7 Å². The summed E-state index contributed by atoms with van der Waals surface area (Å²) < 4.78 is 11.7. The third-order valence-electron chi connectivity index (χ3n) is 6.19. The van der Waals surface area contributed by atoms with Crippen LogP contribution >= 0.6 is 0 Å². The highest BCUT2D eigenvalue weighted by molar-refractivity contribution is 5.69. The Morgan fingerprint density at radius 2 is 1.50 bits per heavy atom. The van der Waals surface area contributed by atoms with E-state index < -0.39 is 0 Å². The molecule has 5 heteroatoms. The van der Waals surface area contributed by atoms with Crippen molar-refractivity contribution in [1.82, 2.24) is 14.9 Å². The van der Waals surface area contributed by atoms with Crippen LogP contribution < -0.4 is 9.47 Å². The van der Waals surface area contributed by atoms with Crippen LogP contribution in [-0.4, -0.2) is 34.1 Å². The van der Waals surface area contributed by atoms with E-state index in [1.165, 1.54) is 16.7 Å². The first-order valence-electron chi connectivity index (χ1n) is 11.8. The van der Waals surface area contributed by atoms with Gasteiger partial charge in [-0.3, -0.25) is 4.90 Å². The van der Waals surface area contributed by atoms with Gasteiger partial charge < -0.3 is 9.47 Å². The molecule has 3 aromatic carbocycles. The number of benzene rings is 3. The van der Waals surface area contributed by atoms with Gasteiger partial charge in [0.1, 0.15) is 12.4 Å². The van der Waals surface area contributed by atoms with Crippen molar-refractivity contribution in [2.45, 2.75) is 32.5 Å². The maximum Gasteiger partial charge on any atom is 0.316 e. The van der Waals surface area contributed by atoms with Crippen molar-refractivity contribution in [3.8, 4) is 22.9 Å². The lowest BCUT2D eigenvalue weighted by molar-refractivity contribution is 0.106. The molecule has 0 fully saturated rings. The van der Waals surface area contributed by atoms with Gasteiger partial charge in [0.05, 0.1) is 6.61 Å². The predicted octanol–water partition coefficient (Wildman–Crippen LogP) is 5.55. The molecule has 5 nitrogen and oxygen atoms in total. The van der Waals surface area contributed by atoms with Gasteiger partial charge in [0.2, 0.25) is 0 Å². The minimum absolute atomic E-state index is 0.248. The molecule has 172 valence electrons. The van der Waals surface area contributed by atoms with Gasteiger partial charge in [0, 0.05) is 42.7 Å². The van der Waals surface area contributed by atoms with E-state index in [9.17, 15) is 0 Å². The van der Waals surface area contributed by atoms with Gasteiger partial charge in [-0.2, -0.15) is 0 Å². The molecule has 0 N–H and O–H groups in total. The second-order valence-electron chi connectivity index (χ2n) is 8.51. The fraction of sp³-hybridized carbons (Fsp3) is 0.241. The Kier molecular flexibility index (Phi) is 6.82. The van der Waals surface area contributed by atoms with Crippen LogP contribution in [0.1, 0.15) is 23.6 Å². The average Bonchev–Trinajstić information content (AvgIpc) is 2.90. The summed E-state index contributed by atoms with van der Waals surface area (Å²) in [6.45, 7) is 4.88. The summed E-state index contributed by atoms with van der Waals surface area (Å²) in [7, 11) is 0. The molecule has 1 atom stereocenters. The molecule has 1 aromatic heterocycles. The Morgan fingerprint density at radius 1 is 0.853 bits per heavy atom. The number of hydrogen-bond acceptors (Lipinski definition) is 5. The first-order valence-corrected chi connectivity index (χ1v) is 11.8. The van der Waals surface area contributed by atoms with Gasteiger partial charge in [-0.1, -0.05) is 72.8 Å². The predicted molar refractivity (Wildman–Crippen MR) is 134 cm³/mol. The van der Waals surface area contributed by atoms with E-state index in [4.69, 9.17) is 9.47 Å². The highest BCUT2D eigenvalue weighted by Gasteiger charge is 2.28. The fourth-order valence-corrected chi connectivity index (χ4v) is 4.51. The Hall–Kier alpha value is -3.70. The summed E-state index contributed by atoms with van der Waals surface area (Å²) in [5, 5.41) is 0. The van der Waals surface area contributed by atoms with Crippen LogP contribution in [0.25, 0.3) is 11.1 Å². The number of ether oxygens (including phenoxy) is 2. The highest BCUT2D eigenvalue weighted by atomic mass is 16.5. The Labute approximate surface area is 201 Å². The SMILES string of the molecule is CCOc1ncc(-c2cccc3c2CC(N(Cc2ccccc2)Cc2ccccc2)CO3)cn1. The normalized spacial score (nSPS) is 14.9. The lowest BCUT2D eigenvalue weighted by Gasteiger charge is -2.36. The van der Waals surface area contributed by atoms with Crippen LogP contribution in [-0.2, 0) is 19.5 Å². The molecule has 0 saturated carbocycles. The first kappa shape index (κ1) is 22.1. The summed E-state index contributed by atoms with van der Waals surface area (Å²) in [5.74, 6) is 0.946. The molecule has 5 rings (SSSR count). The largest absolute Gasteiger partial charge is 0.492 e. The molecule has 0 aliphatic carbocycles. The van der Waals surface area contributed by atoms with Crippen LogP contribution in [0.5, 0.6) is 11.8 Å². The number of aromatic nitrogens is 2. The summed E-state index contributed by atoms with van der Waals surface area (Å²) in [5.41, 5.74) is 5.90. The smallest absolute Gasteiger partial charge is 0.316 e. The van der Waals surface area contributed by atoms with E-state index in [0.717, 1.165) is 36.4 Å². The third kappa shape index (κ3) is 5.10. The lowest BCUT2D eigenvalue weighted by atomic mass is 9.93. The van der Waals surface area contributed by atoms with Crippen LogP contribution in [0.4, 0.5) is 0 Å². The molecular weight excluding hydrogens is 422 g/mol. The molecule has 0 amide bonds. The van der Waals surface area contributed by atoms with Crippen molar-refractivity contribution in [1.29, 1.82) is 0 Å². The summed E-state index contributed by atoms with van der Waals surface area (Å²) >= 11 is 0. The van der Waals surface area contributed by atoms with Gasteiger partial charge in [0.25, 0.3) is 0 Å². The average molecular weight is 452 g/mol. The quantitative estimate of drug-likeness (QED) is 0.352. The zero-order chi connectivity index (χ0) is 23.2. The number of fused-ring (bicyclic) bond motifs is 1. The first-order chi connectivity index (χ1) is 16.8. The number of hydrogen-bond donors (Lipinski definition) is 0. The van der Waals surface area contributed by atoms with Crippen molar-refractivity contribution in [2.24, 2.45) is 0 Å². The van der Waals surface area contributed by atoms with Crippen LogP contribution in [0.3, 0.4) is 0 Å². The van der Waals surface area contributed by atoms with Crippen LogP contribution in [0.15, 0.2) is 91.3 Å². The summed E-state index contributed by atoms with van der Waals surface area (Å²) in [4.78, 5) is 11.3. The Morgan fingerprint density at radius 3 is 2.12 bits per heavy atom. The molecule has 1 aliphatic rings. The highest BCUT2D eigenvalue weighted by Crippen LogP contribution is 2.35. The summed E-state index contributed by atoms with van der Waals surface area (Å²) in [6, 6.07) is 28.2. The molecule has 2 heterocycles. The van der Waals surface area contributed by atoms with E-state index in [1.807, 2.05) is 25.4 Å². The van der Waals surface area contributed by atoms with Crippen molar-refractivity contribution in [3.05, 3.63) is 108 Å². The van der Waals surface area contributed by atoms with Crippen molar-refractivity contribution >= 4 is 0 Å². The molecule has 4 aromatic rings. The lowest BCUT2D eigenvalue weighted by Crippen LogP contribution is -2.42. The molecule has 34 heavy (non-hydrogen) atoms.